The fourth-order valence-corrected chi connectivity index (χ4v) is 2.34. The van der Waals surface area contributed by atoms with Gasteiger partial charge in [0.1, 0.15) is 5.60 Å². The number of nitrogen functional groups attached to an aromatic ring is 1. The summed E-state index contributed by atoms with van der Waals surface area (Å²) in [5.41, 5.74) is 7.19. The Labute approximate surface area is 111 Å². The largest absolute Gasteiger partial charge is 0.399 e. The molecular weight excluding hydrogens is 242 g/mol. The molecule has 1 aliphatic rings. The SMILES string of the molecule is COC1(c2noc(Cc3ccc(N)cc3)n2)CCC1. The van der Waals surface area contributed by atoms with Gasteiger partial charge in [0.05, 0.1) is 6.42 Å². The van der Waals surface area contributed by atoms with Crippen LogP contribution in [0.15, 0.2) is 28.8 Å². The maximum absolute atomic E-state index is 5.66. The Morgan fingerprint density at radius 3 is 2.63 bits per heavy atom. The lowest BCUT2D eigenvalue weighted by molar-refractivity contribution is -0.0858. The van der Waals surface area contributed by atoms with Gasteiger partial charge in [-0.2, -0.15) is 4.98 Å². The standard InChI is InChI=1S/C14H17N3O2/c1-18-14(7-2-8-14)13-16-12(19-17-13)9-10-3-5-11(15)6-4-10/h3-6H,2,7-9,15H2,1H3. The lowest BCUT2D eigenvalue weighted by atomic mass is 9.79. The smallest absolute Gasteiger partial charge is 0.231 e. The van der Waals surface area contributed by atoms with Gasteiger partial charge < -0.3 is 15.0 Å². The van der Waals surface area contributed by atoms with E-state index in [1.54, 1.807) is 7.11 Å². The number of nitrogens with two attached hydrogens (primary N) is 1. The minimum Gasteiger partial charge on any atom is -0.399 e. The molecule has 1 aliphatic carbocycles. The van der Waals surface area contributed by atoms with E-state index >= 15 is 0 Å². The first-order chi connectivity index (χ1) is 9.22. The first-order valence-electron chi connectivity index (χ1n) is 6.44. The molecule has 0 saturated heterocycles. The second kappa shape index (κ2) is 4.66. The molecular formula is C14H17N3O2. The van der Waals surface area contributed by atoms with Crippen LogP contribution in [0.5, 0.6) is 0 Å². The van der Waals surface area contributed by atoms with E-state index in [-0.39, 0.29) is 5.60 Å². The van der Waals surface area contributed by atoms with Gasteiger partial charge in [-0.1, -0.05) is 17.3 Å². The molecule has 2 N–H and O–H groups in total. The average Bonchev–Trinajstić information content (AvgIpc) is 2.81. The Balaban J connectivity index is 1.76. The zero-order chi connectivity index (χ0) is 13.3. The molecule has 5 heteroatoms. The van der Waals surface area contributed by atoms with Crippen molar-refractivity contribution in [1.29, 1.82) is 0 Å². The van der Waals surface area contributed by atoms with E-state index in [2.05, 4.69) is 10.1 Å². The molecule has 1 aromatic carbocycles. The molecule has 1 fully saturated rings. The molecule has 0 amide bonds. The fraction of sp³-hybridized carbons (Fsp3) is 0.429. The Kier molecular flexibility index (Phi) is 2.98. The van der Waals surface area contributed by atoms with Gasteiger partial charge in [0.2, 0.25) is 11.7 Å². The summed E-state index contributed by atoms with van der Waals surface area (Å²) in [4.78, 5) is 4.46. The van der Waals surface area contributed by atoms with Crippen LogP contribution in [-0.2, 0) is 16.8 Å². The number of aromatic nitrogens is 2. The molecule has 3 rings (SSSR count). The van der Waals surface area contributed by atoms with Crippen molar-refractivity contribution in [3.05, 3.63) is 41.5 Å². The summed E-state index contributed by atoms with van der Waals surface area (Å²) >= 11 is 0. The van der Waals surface area contributed by atoms with Gasteiger partial charge in [0, 0.05) is 12.8 Å². The molecule has 0 spiro atoms. The molecule has 0 aliphatic heterocycles. The summed E-state index contributed by atoms with van der Waals surface area (Å²) in [5, 5.41) is 4.06. The monoisotopic (exact) mass is 259 g/mol. The summed E-state index contributed by atoms with van der Waals surface area (Å²) in [6, 6.07) is 7.67. The highest BCUT2D eigenvalue weighted by atomic mass is 16.5. The van der Waals surface area contributed by atoms with E-state index in [4.69, 9.17) is 15.0 Å². The lowest BCUT2D eigenvalue weighted by Crippen LogP contribution is -2.37. The average molecular weight is 259 g/mol. The third-order valence-corrected chi connectivity index (χ3v) is 3.76. The highest BCUT2D eigenvalue weighted by Gasteiger charge is 2.43. The van der Waals surface area contributed by atoms with Gasteiger partial charge >= 0.3 is 0 Å². The van der Waals surface area contributed by atoms with Crippen molar-refractivity contribution >= 4 is 5.69 Å². The first-order valence-corrected chi connectivity index (χ1v) is 6.44. The summed E-state index contributed by atoms with van der Waals surface area (Å²) in [7, 11) is 1.70. The molecule has 0 bridgehead atoms. The van der Waals surface area contributed by atoms with Crippen LogP contribution < -0.4 is 5.73 Å². The molecule has 2 aromatic rings. The van der Waals surface area contributed by atoms with Gasteiger partial charge in [-0.15, -0.1) is 0 Å². The van der Waals surface area contributed by atoms with Gasteiger partial charge in [0.25, 0.3) is 0 Å². The van der Waals surface area contributed by atoms with Crippen LogP contribution in [0.1, 0.15) is 36.5 Å². The second-order valence-electron chi connectivity index (χ2n) is 4.98. The Morgan fingerprint density at radius 1 is 1.32 bits per heavy atom. The van der Waals surface area contributed by atoms with E-state index in [0.29, 0.717) is 18.1 Å². The van der Waals surface area contributed by atoms with E-state index in [1.165, 1.54) is 0 Å². The minimum atomic E-state index is -0.317. The number of hydrogen-bond donors (Lipinski definition) is 1. The lowest BCUT2D eigenvalue weighted by Gasteiger charge is -2.37. The summed E-state index contributed by atoms with van der Waals surface area (Å²) in [5.74, 6) is 1.29. The third kappa shape index (κ3) is 2.21. The summed E-state index contributed by atoms with van der Waals surface area (Å²) in [6.07, 6.45) is 3.69. The van der Waals surface area contributed by atoms with Crippen LogP contribution >= 0.6 is 0 Å². The molecule has 1 saturated carbocycles. The predicted octanol–water partition coefficient (Wildman–Crippen LogP) is 2.27. The van der Waals surface area contributed by atoms with Crippen molar-refractivity contribution in [3.63, 3.8) is 0 Å². The Bertz CT molecular complexity index is 553. The fourth-order valence-electron chi connectivity index (χ4n) is 2.34. The molecule has 5 nitrogen and oxygen atoms in total. The van der Waals surface area contributed by atoms with Gasteiger partial charge in [0.15, 0.2) is 0 Å². The maximum Gasteiger partial charge on any atom is 0.231 e. The number of hydrogen-bond acceptors (Lipinski definition) is 5. The van der Waals surface area contributed by atoms with E-state index in [9.17, 15) is 0 Å². The van der Waals surface area contributed by atoms with Crippen LogP contribution in [0, 0.1) is 0 Å². The van der Waals surface area contributed by atoms with Crippen molar-refractivity contribution in [1.82, 2.24) is 10.1 Å². The molecule has 19 heavy (non-hydrogen) atoms. The van der Waals surface area contributed by atoms with Crippen LogP contribution in [0.25, 0.3) is 0 Å². The van der Waals surface area contributed by atoms with Crippen LogP contribution in [0.4, 0.5) is 5.69 Å². The number of ether oxygens (including phenoxy) is 1. The maximum atomic E-state index is 5.66. The molecule has 100 valence electrons. The molecule has 1 heterocycles. The summed E-state index contributed by atoms with van der Waals surface area (Å²) in [6.45, 7) is 0. The number of rotatable bonds is 4. The number of benzene rings is 1. The molecule has 0 radical (unpaired) electrons. The molecule has 0 unspecified atom stereocenters. The van der Waals surface area contributed by atoms with E-state index in [0.717, 1.165) is 30.5 Å². The zero-order valence-electron chi connectivity index (χ0n) is 10.9. The van der Waals surface area contributed by atoms with Crippen molar-refractivity contribution in [2.45, 2.75) is 31.3 Å². The number of nitrogens with zero attached hydrogens (tertiary/aromatic N) is 2. The van der Waals surface area contributed by atoms with Crippen LogP contribution in [0.3, 0.4) is 0 Å². The predicted molar refractivity (Wildman–Crippen MR) is 70.5 cm³/mol. The minimum absolute atomic E-state index is 0.317. The summed E-state index contributed by atoms with van der Waals surface area (Å²) < 4.78 is 10.8. The highest BCUT2D eigenvalue weighted by Crippen LogP contribution is 2.42. The van der Waals surface area contributed by atoms with Crippen LogP contribution in [-0.4, -0.2) is 17.3 Å². The Morgan fingerprint density at radius 2 is 2.05 bits per heavy atom. The van der Waals surface area contributed by atoms with Crippen molar-refractivity contribution in [2.24, 2.45) is 0 Å². The van der Waals surface area contributed by atoms with Crippen molar-refractivity contribution in [3.8, 4) is 0 Å². The van der Waals surface area contributed by atoms with E-state index in [1.807, 2.05) is 24.3 Å². The topological polar surface area (TPSA) is 74.2 Å². The quantitative estimate of drug-likeness (QED) is 0.852. The van der Waals surface area contributed by atoms with Crippen molar-refractivity contribution in [2.75, 3.05) is 12.8 Å². The van der Waals surface area contributed by atoms with Gasteiger partial charge in [-0.25, -0.2) is 0 Å². The van der Waals surface area contributed by atoms with Gasteiger partial charge in [-0.05, 0) is 37.0 Å². The first kappa shape index (κ1) is 12.2. The normalized spacial score (nSPS) is 17.1. The highest BCUT2D eigenvalue weighted by molar-refractivity contribution is 5.39. The number of methoxy groups -OCH3 is 1. The van der Waals surface area contributed by atoms with E-state index < -0.39 is 0 Å². The van der Waals surface area contributed by atoms with Gasteiger partial charge in [-0.3, -0.25) is 0 Å². The zero-order valence-corrected chi connectivity index (χ0v) is 10.9. The molecule has 1 aromatic heterocycles. The number of anilines is 1. The van der Waals surface area contributed by atoms with Crippen molar-refractivity contribution < 1.29 is 9.26 Å². The molecule has 0 atom stereocenters. The second-order valence-corrected chi connectivity index (χ2v) is 4.98. The third-order valence-electron chi connectivity index (χ3n) is 3.76. The van der Waals surface area contributed by atoms with Crippen LogP contribution in [0.2, 0.25) is 0 Å². The Hall–Kier alpha value is -1.88.